The van der Waals surface area contributed by atoms with Crippen LogP contribution < -0.4 is 26.0 Å². The second kappa shape index (κ2) is 17.1. The van der Waals surface area contributed by atoms with E-state index in [0.717, 1.165) is 23.1 Å². The van der Waals surface area contributed by atoms with Gasteiger partial charge in [0.2, 0.25) is 16.0 Å². The molecule has 3 aromatic heterocycles. The highest BCUT2D eigenvalue weighted by molar-refractivity contribution is 7.89. The number of aryl methyl sites for hydroxylation is 1. The van der Waals surface area contributed by atoms with Gasteiger partial charge in [0.05, 0.1) is 29.5 Å². The molecule has 4 heterocycles. The lowest BCUT2D eigenvalue weighted by Gasteiger charge is -2.22. The number of primary sulfonamides is 1. The largest absolute Gasteiger partial charge is 0.388 e. The van der Waals surface area contributed by atoms with Gasteiger partial charge < -0.3 is 35.6 Å². The summed E-state index contributed by atoms with van der Waals surface area (Å²) in [4.78, 5) is 29.7. The van der Waals surface area contributed by atoms with Crippen molar-refractivity contribution in [1.82, 2.24) is 34.6 Å². The maximum Gasteiger partial charge on any atom is 0.319 e. The second-order valence-electron chi connectivity index (χ2n) is 14.6. The van der Waals surface area contributed by atoms with E-state index in [-0.39, 0.29) is 29.3 Å². The molecule has 1 saturated carbocycles. The minimum absolute atomic E-state index is 0. The van der Waals surface area contributed by atoms with Crippen LogP contribution in [-0.4, -0.2) is 91.8 Å². The number of nitrogens with zero attached hydrogens (tertiary/aromatic N) is 7. The molecule has 8 rings (SSSR count). The van der Waals surface area contributed by atoms with Gasteiger partial charge in [-0.2, -0.15) is 15.1 Å². The van der Waals surface area contributed by atoms with Crippen LogP contribution in [0.25, 0.3) is 11.2 Å². The van der Waals surface area contributed by atoms with Crippen LogP contribution in [0.3, 0.4) is 0 Å². The quantitative estimate of drug-likeness (QED) is 0.103. The highest BCUT2D eigenvalue weighted by Gasteiger charge is 2.44. The van der Waals surface area contributed by atoms with Gasteiger partial charge in [-0.1, -0.05) is 67.6 Å². The summed E-state index contributed by atoms with van der Waals surface area (Å²) in [5, 5.41) is 41.7. The number of aliphatic hydroxyl groups excluding tert-OH is 2. The fourth-order valence-electron chi connectivity index (χ4n) is 7.82. The first kappa shape index (κ1) is 40.6. The molecule has 1 aliphatic heterocycles. The summed E-state index contributed by atoms with van der Waals surface area (Å²) < 4.78 is 26.8. The van der Waals surface area contributed by atoms with Crippen molar-refractivity contribution in [1.29, 1.82) is 0 Å². The lowest BCUT2D eigenvalue weighted by molar-refractivity contribution is 0.00721. The molecule has 5 atom stereocenters. The van der Waals surface area contributed by atoms with Gasteiger partial charge in [-0.3, -0.25) is 4.68 Å². The van der Waals surface area contributed by atoms with E-state index < -0.39 is 40.3 Å². The molecular weight excluding hydrogens is 782 g/mol. The van der Waals surface area contributed by atoms with Gasteiger partial charge in [0.25, 0.3) is 0 Å². The van der Waals surface area contributed by atoms with Gasteiger partial charge in [-0.25, -0.2) is 23.3 Å². The summed E-state index contributed by atoms with van der Waals surface area (Å²) in [6.07, 6.45) is 5.01. The van der Waals surface area contributed by atoms with E-state index in [4.69, 9.17) is 20.1 Å². The number of halogens is 1. The van der Waals surface area contributed by atoms with Gasteiger partial charge in [0, 0.05) is 43.5 Å². The number of nitrogens with one attached hydrogen (secondary N) is 3. The summed E-state index contributed by atoms with van der Waals surface area (Å²) in [7, 11) is -3.86. The summed E-state index contributed by atoms with van der Waals surface area (Å²) in [5.74, 6) is 0.939. The number of carbonyl (C=O) groups excluding carboxylic acids is 1. The van der Waals surface area contributed by atoms with Crippen molar-refractivity contribution in [3.05, 3.63) is 120 Å². The molecule has 1 aliphatic carbocycles. The van der Waals surface area contributed by atoms with Crippen LogP contribution in [0.4, 0.5) is 22.2 Å². The number of sulfonamides is 1. The number of hydrogen-bond acceptors (Lipinski definition) is 11. The lowest BCUT2D eigenvalue weighted by Crippen LogP contribution is -2.40. The molecule has 16 nitrogen and oxygen atoms in total. The zero-order valence-electron chi connectivity index (χ0n) is 31.7. The Morgan fingerprint density at radius 3 is 2.26 bits per heavy atom. The molecule has 0 spiro atoms. The summed E-state index contributed by atoms with van der Waals surface area (Å²) in [6.45, 7) is 3.51. The molecule has 1 saturated heterocycles. The molecule has 2 amide bonds. The number of amides is 2. The molecule has 18 heteroatoms. The maximum absolute atomic E-state index is 13.0. The van der Waals surface area contributed by atoms with E-state index in [0.29, 0.717) is 61.1 Å². The van der Waals surface area contributed by atoms with Crippen molar-refractivity contribution < 1.29 is 23.4 Å². The Bertz CT molecular complexity index is 2410. The molecule has 2 aliphatic rings. The monoisotopic (exact) mass is 827 g/mol. The van der Waals surface area contributed by atoms with Crippen molar-refractivity contribution in [2.24, 2.45) is 5.14 Å². The van der Waals surface area contributed by atoms with E-state index >= 15 is 0 Å². The standard InChI is InChI=1S/C40H45N11O5S.ClH/c1-2-25-20-44-51(22-25)33-19-32(35(52)36(33)53)50-24-43-34-37(42-21-31(26-9-5-3-6-10-26)27-11-7-4-8-12-27)47-39(48-38(34)50)49-18-17-29(23-49)46-40(54)45-28-13-15-30(16-14-28)57(41,55)56;/h3-16,20,22,24,29,31-33,35-36,52-53H,2,17-19,21,23H2,1H3,(H2,41,55,56)(H,42,47,48)(H2,45,46,54);1H/t29-,32?,33?,35?,36?;/m1./s1. The predicted octanol–water partition coefficient (Wildman–Crippen LogP) is 4.21. The molecule has 304 valence electrons. The van der Waals surface area contributed by atoms with E-state index in [9.17, 15) is 23.4 Å². The molecule has 4 unspecified atom stereocenters. The van der Waals surface area contributed by atoms with Crippen molar-refractivity contribution in [2.75, 3.05) is 35.2 Å². The average molecular weight is 828 g/mol. The van der Waals surface area contributed by atoms with Crippen LogP contribution in [0.1, 0.15) is 54.5 Å². The number of nitrogens with two attached hydrogens (primary N) is 1. The number of imidazole rings is 1. The number of fused-ring (bicyclic) bond motifs is 1. The third kappa shape index (κ3) is 8.49. The van der Waals surface area contributed by atoms with Gasteiger partial charge in [-0.05, 0) is 60.2 Å². The van der Waals surface area contributed by atoms with Crippen LogP contribution in [0.5, 0.6) is 0 Å². The van der Waals surface area contributed by atoms with Gasteiger partial charge in [0.15, 0.2) is 17.0 Å². The van der Waals surface area contributed by atoms with Crippen molar-refractivity contribution in [3.8, 4) is 0 Å². The minimum Gasteiger partial charge on any atom is -0.388 e. The topological polar surface area (TPSA) is 218 Å². The van der Waals surface area contributed by atoms with Crippen LogP contribution in [0, 0.1) is 0 Å². The normalized spacial score (nSPS) is 20.6. The molecule has 2 fully saturated rings. The zero-order valence-corrected chi connectivity index (χ0v) is 33.3. The van der Waals surface area contributed by atoms with Gasteiger partial charge >= 0.3 is 6.03 Å². The number of hydrogen-bond donors (Lipinski definition) is 6. The minimum atomic E-state index is -3.86. The summed E-state index contributed by atoms with van der Waals surface area (Å²) in [5.41, 5.74) is 4.76. The first-order valence-corrected chi connectivity index (χ1v) is 20.5. The second-order valence-corrected chi connectivity index (χ2v) is 16.1. The number of rotatable bonds is 12. The Morgan fingerprint density at radius 2 is 1.62 bits per heavy atom. The van der Waals surface area contributed by atoms with E-state index in [1.807, 2.05) is 59.0 Å². The molecule has 58 heavy (non-hydrogen) atoms. The first-order valence-electron chi connectivity index (χ1n) is 19.0. The lowest BCUT2D eigenvalue weighted by atomic mass is 9.91. The highest BCUT2D eigenvalue weighted by atomic mass is 35.5. The fourth-order valence-corrected chi connectivity index (χ4v) is 8.33. The Kier molecular flexibility index (Phi) is 12.0. The Labute approximate surface area is 342 Å². The number of carbonyl (C=O) groups is 1. The SMILES string of the molecule is CCc1cnn(C2CC(n3cnc4c(NCC(c5ccccc5)c5ccccc5)nc(N5CC[C@@H](NC(=O)Nc6ccc(S(N)(=O)=O)cc6)C5)nc43)C(O)C2O)c1.Cl. The zero-order chi connectivity index (χ0) is 39.7. The van der Waals surface area contributed by atoms with Crippen LogP contribution in [0.2, 0.25) is 0 Å². The maximum atomic E-state index is 13.0. The molecule has 3 aromatic carbocycles. The number of aromatic nitrogens is 6. The fraction of sp³-hybridized carbons (Fsp3) is 0.325. The Balaban J connectivity index is 0.00000512. The Morgan fingerprint density at radius 1 is 0.948 bits per heavy atom. The van der Waals surface area contributed by atoms with E-state index in [1.54, 1.807) is 17.2 Å². The summed E-state index contributed by atoms with van der Waals surface area (Å²) in [6, 6.07) is 24.4. The molecule has 0 radical (unpaired) electrons. The number of aliphatic hydroxyl groups is 2. The smallest absolute Gasteiger partial charge is 0.319 e. The average Bonchev–Trinajstić information content (AvgIpc) is 4.03. The molecular formula is C40H46ClN11O5S. The number of anilines is 3. The van der Waals surface area contributed by atoms with Crippen molar-refractivity contribution in [3.63, 3.8) is 0 Å². The number of benzene rings is 3. The molecule has 7 N–H and O–H groups in total. The molecule has 6 aromatic rings. The van der Waals surface area contributed by atoms with Gasteiger partial charge in [-0.15, -0.1) is 12.4 Å². The highest BCUT2D eigenvalue weighted by Crippen LogP contribution is 2.40. The van der Waals surface area contributed by atoms with E-state index in [2.05, 4.69) is 45.3 Å². The van der Waals surface area contributed by atoms with E-state index in [1.165, 1.54) is 24.3 Å². The van der Waals surface area contributed by atoms with Crippen molar-refractivity contribution >= 4 is 57.1 Å². The summed E-state index contributed by atoms with van der Waals surface area (Å²) >= 11 is 0. The van der Waals surface area contributed by atoms with Crippen LogP contribution >= 0.6 is 12.4 Å². The Hall–Kier alpha value is -5.59. The van der Waals surface area contributed by atoms with Crippen LogP contribution in [-0.2, 0) is 16.4 Å². The number of urea groups is 1. The third-order valence-electron chi connectivity index (χ3n) is 10.9. The predicted molar refractivity (Wildman–Crippen MR) is 223 cm³/mol. The van der Waals surface area contributed by atoms with Gasteiger partial charge in [0.1, 0.15) is 12.2 Å². The molecule has 0 bridgehead atoms. The first-order chi connectivity index (χ1) is 27.6. The van der Waals surface area contributed by atoms with Crippen LogP contribution in [0.15, 0.2) is 109 Å². The van der Waals surface area contributed by atoms with Crippen molar-refractivity contribution in [2.45, 2.75) is 67.3 Å². The third-order valence-corrected chi connectivity index (χ3v) is 11.8.